The quantitative estimate of drug-likeness (QED) is 0.391. The molecular formula is C16H22N2O5. The second-order valence-corrected chi connectivity index (χ2v) is 5.41. The molecule has 1 aromatic carbocycles. The molecule has 0 bridgehead atoms. The van der Waals surface area contributed by atoms with E-state index < -0.39 is 22.8 Å². The Morgan fingerprint density at radius 3 is 2.65 bits per heavy atom. The fourth-order valence-electron chi connectivity index (χ4n) is 2.24. The molecule has 0 radical (unpaired) electrons. The first kappa shape index (κ1) is 18.6. The number of carboxylic acids is 1. The number of benzene rings is 1. The largest absolute Gasteiger partial charge is 0.480 e. The van der Waals surface area contributed by atoms with Crippen LogP contribution in [0.15, 0.2) is 24.3 Å². The molecule has 1 aromatic rings. The van der Waals surface area contributed by atoms with Crippen molar-refractivity contribution in [2.45, 2.75) is 51.5 Å². The lowest BCUT2D eigenvalue weighted by Crippen LogP contribution is -2.41. The molecule has 0 aliphatic heterocycles. The first-order valence-corrected chi connectivity index (χ1v) is 7.69. The number of nitrogens with one attached hydrogen (secondary N) is 1. The number of aliphatic carboxylic acids is 1. The lowest BCUT2D eigenvalue weighted by Gasteiger charge is -2.14. The maximum atomic E-state index is 12.0. The molecule has 7 nitrogen and oxygen atoms in total. The molecule has 0 aromatic heterocycles. The SMILES string of the molecule is CCCCCC[C@H](NC(=O)Cc1cccc([N+](=O)[O-])c1)C(=O)O. The minimum atomic E-state index is -1.06. The van der Waals surface area contributed by atoms with E-state index in [-0.39, 0.29) is 12.1 Å². The lowest BCUT2D eigenvalue weighted by molar-refractivity contribution is -0.384. The second-order valence-electron chi connectivity index (χ2n) is 5.41. The third-order valence-corrected chi connectivity index (χ3v) is 3.47. The van der Waals surface area contributed by atoms with E-state index in [4.69, 9.17) is 5.11 Å². The second kappa shape index (κ2) is 9.55. The number of unbranched alkanes of at least 4 members (excludes halogenated alkanes) is 3. The summed E-state index contributed by atoms with van der Waals surface area (Å²) in [7, 11) is 0. The van der Waals surface area contributed by atoms with Crippen LogP contribution in [0.3, 0.4) is 0 Å². The monoisotopic (exact) mass is 322 g/mol. The van der Waals surface area contributed by atoms with Gasteiger partial charge in [-0.25, -0.2) is 4.79 Å². The van der Waals surface area contributed by atoms with E-state index in [1.807, 2.05) is 0 Å². The van der Waals surface area contributed by atoms with E-state index in [0.717, 1.165) is 25.7 Å². The Morgan fingerprint density at radius 1 is 1.30 bits per heavy atom. The number of nitro benzene ring substituents is 1. The van der Waals surface area contributed by atoms with Crippen LogP contribution in [-0.4, -0.2) is 27.9 Å². The van der Waals surface area contributed by atoms with Crippen molar-refractivity contribution in [1.29, 1.82) is 0 Å². The fourth-order valence-corrected chi connectivity index (χ4v) is 2.24. The molecule has 0 saturated carbocycles. The first-order chi connectivity index (χ1) is 10.9. The summed E-state index contributed by atoms with van der Waals surface area (Å²) in [6.45, 7) is 2.06. The number of nitro groups is 1. The summed E-state index contributed by atoms with van der Waals surface area (Å²) in [6.07, 6.45) is 4.06. The number of nitrogens with zero attached hydrogens (tertiary/aromatic N) is 1. The highest BCUT2D eigenvalue weighted by Crippen LogP contribution is 2.13. The summed E-state index contributed by atoms with van der Waals surface area (Å²) in [5, 5.41) is 22.3. The van der Waals surface area contributed by atoms with Gasteiger partial charge >= 0.3 is 5.97 Å². The molecule has 1 rings (SSSR count). The fraction of sp³-hybridized carbons (Fsp3) is 0.500. The molecule has 1 atom stereocenters. The van der Waals surface area contributed by atoms with E-state index in [1.165, 1.54) is 18.2 Å². The molecule has 0 heterocycles. The molecule has 0 fully saturated rings. The highest BCUT2D eigenvalue weighted by molar-refractivity contribution is 5.84. The Kier molecular flexibility index (Phi) is 7.73. The maximum absolute atomic E-state index is 12.0. The van der Waals surface area contributed by atoms with Crippen LogP contribution in [0, 0.1) is 10.1 Å². The highest BCUT2D eigenvalue weighted by Gasteiger charge is 2.19. The lowest BCUT2D eigenvalue weighted by atomic mass is 10.1. The first-order valence-electron chi connectivity index (χ1n) is 7.69. The van der Waals surface area contributed by atoms with Crippen molar-refractivity contribution in [1.82, 2.24) is 5.32 Å². The Hall–Kier alpha value is -2.44. The van der Waals surface area contributed by atoms with Gasteiger partial charge in [-0.3, -0.25) is 14.9 Å². The zero-order chi connectivity index (χ0) is 17.2. The van der Waals surface area contributed by atoms with Crippen LogP contribution in [0.2, 0.25) is 0 Å². The van der Waals surface area contributed by atoms with Crippen LogP contribution in [0.5, 0.6) is 0 Å². The van der Waals surface area contributed by atoms with Gasteiger partial charge in [-0.1, -0.05) is 44.7 Å². The standard InChI is InChI=1S/C16H22N2O5/c1-2-3-4-5-9-14(16(20)21)17-15(19)11-12-7-6-8-13(10-12)18(22)23/h6-8,10,14H,2-5,9,11H2,1H3,(H,17,19)(H,20,21)/t14-/m0/s1. The van der Waals surface area contributed by atoms with Gasteiger partial charge in [0.05, 0.1) is 11.3 Å². The van der Waals surface area contributed by atoms with Gasteiger partial charge in [-0.05, 0) is 12.0 Å². The number of hydrogen-bond donors (Lipinski definition) is 2. The van der Waals surface area contributed by atoms with Gasteiger partial charge < -0.3 is 10.4 Å². The number of hydrogen-bond acceptors (Lipinski definition) is 4. The predicted molar refractivity (Wildman–Crippen MR) is 85.1 cm³/mol. The molecule has 0 aliphatic carbocycles. The number of rotatable bonds is 10. The molecule has 0 spiro atoms. The summed E-state index contributed by atoms with van der Waals surface area (Å²) in [4.78, 5) is 33.3. The topological polar surface area (TPSA) is 110 Å². The van der Waals surface area contributed by atoms with Crippen LogP contribution in [0.25, 0.3) is 0 Å². The Morgan fingerprint density at radius 2 is 2.04 bits per heavy atom. The average molecular weight is 322 g/mol. The highest BCUT2D eigenvalue weighted by atomic mass is 16.6. The molecule has 7 heteroatoms. The number of carboxylic acid groups (broad SMARTS) is 1. The van der Waals surface area contributed by atoms with Gasteiger partial charge in [0.2, 0.25) is 5.91 Å². The van der Waals surface area contributed by atoms with Gasteiger partial charge in [-0.15, -0.1) is 0 Å². The summed E-state index contributed by atoms with van der Waals surface area (Å²) < 4.78 is 0. The average Bonchev–Trinajstić information content (AvgIpc) is 2.50. The molecule has 0 unspecified atom stereocenters. The van der Waals surface area contributed by atoms with Crippen molar-refractivity contribution in [3.63, 3.8) is 0 Å². The molecule has 0 aliphatic rings. The molecule has 23 heavy (non-hydrogen) atoms. The van der Waals surface area contributed by atoms with E-state index in [2.05, 4.69) is 12.2 Å². The van der Waals surface area contributed by atoms with Crippen molar-refractivity contribution < 1.29 is 19.6 Å². The van der Waals surface area contributed by atoms with Gasteiger partial charge in [0.1, 0.15) is 6.04 Å². The molecule has 2 N–H and O–H groups in total. The van der Waals surface area contributed by atoms with Gasteiger partial charge in [0.15, 0.2) is 0 Å². The number of non-ortho nitro benzene ring substituents is 1. The van der Waals surface area contributed by atoms with Gasteiger partial charge in [0.25, 0.3) is 5.69 Å². The number of amides is 1. The van der Waals surface area contributed by atoms with Crippen LogP contribution in [0.4, 0.5) is 5.69 Å². The summed E-state index contributed by atoms with van der Waals surface area (Å²) in [6, 6.07) is 4.84. The third-order valence-electron chi connectivity index (χ3n) is 3.47. The summed E-state index contributed by atoms with van der Waals surface area (Å²) >= 11 is 0. The Labute approximate surface area is 134 Å². The normalized spacial score (nSPS) is 11.7. The smallest absolute Gasteiger partial charge is 0.326 e. The third kappa shape index (κ3) is 6.90. The number of carbonyl (C=O) groups is 2. The van der Waals surface area contributed by atoms with E-state index in [1.54, 1.807) is 6.07 Å². The maximum Gasteiger partial charge on any atom is 0.326 e. The molecule has 1 amide bonds. The Bertz CT molecular complexity index is 559. The zero-order valence-corrected chi connectivity index (χ0v) is 13.2. The van der Waals surface area contributed by atoms with Crippen LogP contribution >= 0.6 is 0 Å². The summed E-state index contributed by atoms with van der Waals surface area (Å²) in [5.74, 6) is -1.51. The van der Waals surface area contributed by atoms with Crippen molar-refractivity contribution >= 4 is 17.6 Å². The molecule has 0 saturated heterocycles. The van der Waals surface area contributed by atoms with E-state index >= 15 is 0 Å². The minimum absolute atomic E-state index is 0.0829. The van der Waals surface area contributed by atoms with Gasteiger partial charge in [-0.2, -0.15) is 0 Å². The predicted octanol–water partition coefficient (Wildman–Crippen LogP) is 2.68. The molecular weight excluding hydrogens is 300 g/mol. The minimum Gasteiger partial charge on any atom is -0.480 e. The van der Waals surface area contributed by atoms with Crippen molar-refractivity contribution in [3.8, 4) is 0 Å². The van der Waals surface area contributed by atoms with Crippen molar-refractivity contribution in [3.05, 3.63) is 39.9 Å². The van der Waals surface area contributed by atoms with Crippen LogP contribution in [0.1, 0.15) is 44.6 Å². The van der Waals surface area contributed by atoms with Crippen molar-refractivity contribution in [2.24, 2.45) is 0 Å². The summed E-state index contributed by atoms with van der Waals surface area (Å²) in [5.41, 5.74) is 0.386. The molecule has 126 valence electrons. The van der Waals surface area contributed by atoms with Gasteiger partial charge in [0, 0.05) is 12.1 Å². The number of carbonyl (C=O) groups excluding carboxylic acids is 1. The van der Waals surface area contributed by atoms with Crippen molar-refractivity contribution in [2.75, 3.05) is 0 Å². The van der Waals surface area contributed by atoms with E-state index in [9.17, 15) is 19.7 Å². The Balaban J connectivity index is 2.56. The van der Waals surface area contributed by atoms with Crippen LogP contribution < -0.4 is 5.32 Å². The van der Waals surface area contributed by atoms with E-state index in [0.29, 0.717) is 12.0 Å². The van der Waals surface area contributed by atoms with Crippen LogP contribution in [-0.2, 0) is 16.0 Å². The zero-order valence-electron chi connectivity index (χ0n) is 13.2.